The number of carboxylic acid groups (broad SMARTS) is 1. The molecule has 0 amide bonds. The first-order valence-electron chi connectivity index (χ1n) is 6.82. The second-order valence-corrected chi connectivity index (χ2v) is 5.26. The number of carbonyl (C=O) groups is 1. The summed E-state index contributed by atoms with van der Waals surface area (Å²) in [6.07, 6.45) is 3.60. The number of hydrogen-bond donors (Lipinski definition) is 2. The molecule has 0 radical (unpaired) electrons. The number of H-pyrrole nitrogens is 1. The first-order chi connectivity index (χ1) is 11.1. The number of benzene rings is 2. The highest BCUT2D eigenvalue weighted by molar-refractivity contribution is 6.32. The summed E-state index contributed by atoms with van der Waals surface area (Å²) < 4.78 is 5.11. The maximum atomic E-state index is 11.2. The molecule has 23 heavy (non-hydrogen) atoms. The van der Waals surface area contributed by atoms with Gasteiger partial charge in [-0.25, -0.2) is 9.78 Å². The number of hydrogen-bond acceptors (Lipinski definition) is 3. The fourth-order valence-corrected chi connectivity index (χ4v) is 2.53. The summed E-state index contributed by atoms with van der Waals surface area (Å²) in [7, 11) is 1.56. The van der Waals surface area contributed by atoms with E-state index in [0.29, 0.717) is 27.6 Å². The molecule has 0 aliphatic carbocycles. The van der Waals surface area contributed by atoms with Crippen molar-refractivity contribution in [1.29, 1.82) is 0 Å². The van der Waals surface area contributed by atoms with Crippen molar-refractivity contribution in [3.05, 3.63) is 58.4 Å². The molecule has 6 heteroatoms. The van der Waals surface area contributed by atoms with Crippen LogP contribution in [0.1, 0.15) is 21.7 Å². The number of rotatable bonds is 4. The number of aromatic amines is 1. The first kappa shape index (κ1) is 15.1. The number of nitrogens with zero attached hydrogens (tertiary/aromatic N) is 1. The Morgan fingerprint density at radius 1 is 1.30 bits per heavy atom. The largest absolute Gasteiger partial charge is 0.495 e. The lowest BCUT2D eigenvalue weighted by molar-refractivity contribution is 0.0699. The molecular weight excluding hydrogens is 316 g/mol. The second kappa shape index (κ2) is 6.14. The Balaban J connectivity index is 1.94. The molecule has 0 fully saturated rings. The number of para-hydroxylation sites is 1. The van der Waals surface area contributed by atoms with Crippen molar-refractivity contribution in [2.75, 3.05) is 7.11 Å². The van der Waals surface area contributed by atoms with Crippen molar-refractivity contribution in [2.24, 2.45) is 0 Å². The van der Waals surface area contributed by atoms with Gasteiger partial charge in [-0.1, -0.05) is 29.8 Å². The van der Waals surface area contributed by atoms with Crippen molar-refractivity contribution in [1.82, 2.24) is 9.97 Å². The van der Waals surface area contributed by atoms with Gasteiger partial charge in [-0.05, 0) is 35.9 Å². The molecule has 0 saturated heterocycles. The molecule has 3 rings (SSSR count). The summed E-state index contributed by atoms with van der Waals surface area (Å²) in [6.45, 7) is 0. The molecule has 0 unspecified atom stereocenters. The van der Waals surface area contributed by atoms with Crippen molar-refractivity contribution in [3.8, 4) is 5.75 Å². The Hall–Kier alpha value is -2.79. The molecule has 2 aromatic carbocycles. The lowest BCUT2D eigenvalue weighted by Gasteiger charge is -2.02. The lowest BCUT2D eigenvalue weighted by Crippen LogP contribution is -1.96. The van der Waals surface area contributed by atoms with E-state index in [1.54, 1.807) is 37.5 Å². The van der Waals surface area contributed by atoms with Gasteiger partial charge >= 0.3 is 5.97 Å². The highest BCUT2D eigenvalue weighted by Gasteiger charge is 2.11. The Labute approximate surface area is 137 Å². The highest BCUT2D eigenvalue weighted by atomic mass is 35.5. The fourth-order valence-electron chi connectivity index (χ4n) is 2.26. The topological polar surface area (TPSA) is 75.2 Å². The van der Waals surface area contributed by atoms with Crippen molar-refractivity contribution >= 4 is 40.8 Å². The zero-order valence-corrected chi connectivity index (χ0v) is 13.0. The average molecular weight is 329 g/mol. The van der Waals surface area contributed by atoms with Gasteiger partial charge in [0.25, 0.3) is 0 Å². The smallest absolute Gasteiger partial charge is 0.337 e. The molecule has 0 aliphatic rings. The maximum absolute atomic E-state index is 11.2. The molecule has 0 atom stereocenters. The summed E-state index contributed by atoms with van der Waals surface area (Å²) in [5, 5.41) is 9.70. The van der Waals surface area contributed by atoms with Gasteiger partial charge in [-0.15, -0.1) is 0 Å². The third-order valence-corrected chi connectivity index (χ3v) is 3.67. The number of halogens is 1. The predicted octanol–water partition coefficient (Wildman–Crippen LogP) is 4.09. The van der Waals surface area contributed by atoms with Gasteiger partial charge in [0.15, 0.2) is 0 Å². The number of carboxylic acids is 1. The molecule has 0 saturated carbocycles. The second-order valence-electron chi connectivity index (χ2n) is 4.86. The normalized spacial score (nSPS) is 11.2. The fraction of sp³-hybridized carbons (Fsp3) is 0.0588. The lowest BCUT2D eigenvalue weighted by atomic mass is 10.2. The third-order valence-electron chi connectivity index (χ3n) is 3.37. The zero-order chi connectivity index (χ0) is 16.4. The van der Waals surface area contributed by atoms with E-state index in [2.05, 4.69) is 9.97 Å². The molecular formula is C17H13ClN2O3. The number of fused-ring (bicyclic) bond motifs is 1. The monoisotopic (exact) mass is 328 g/mol. The zero-order valence-electron chi connectivity index (χ0n) is 12.2. The quantitative estimate of drug-likeness (QED) is 0.756. The molecule has 2 N–H and O–H groups in total. The number of nitrogens with one attached hydrogen (secondary N) is 1. The summed E-state index contributed by atoms with van der Waals surface area (Å²) in [4.78, 5) is 18.6. The van der Waals surface area contributed by atoms with Crippen LogP contribution in [-0.2, 0) is 0 Å². The van der Waals surface area contributed by atoms with Gasteiger partial charge in [0.1, 0.15) is 17.1 Å². The molecule has 3 aromatic rings. The molecule has 116 valence electrons. The Bertz CT molecular complexity index is 915. The van der Waals surface area contributed by atoms with Crippen LogP contribution in [0.3, 0.4) is 0 Å². The van der Waals surface area contributed by atoms with Gasteiger partial charge in [-0.3, -0.25) is 0 Å². The minimum Gasteiger partial charge on any atom is -0.495 e. The first-order valence-corrected chi connectivity index (χ1v) is 7.20. The Morgan fingerprint density at radius 2 is 2.13 bits per heavy atom. The van der Waals surface area contributed by atoms with Crippen LogP contribution < -0.4 is 4.74 Å². The van der Waals surface area contributed by atoms with Crippen LogP contribution in [0.5, 0.6) is 5.75 Å². The van der Waals surface area contributed by atoms with Crippen LogP contribution in [0.2, 0.25) is 5.02 Å². The van der Waals surface area contributed by atoms with Crippen LogP contribution in [0.15, 0.2) is 36.4 Å². The standard InChI is InChI=1S/C17H13ClN2O3/c1-23-14-7-5-10(9-12(14)18)6-8-15-19-13-4-2-3-11(17(21)22)16(13)20-15/h2-9H,1H3,(H,19,20)(H,21,22)/b8-6+. The molecule has 1 aromatic heterocycles. The summed E-state index contributed by atoms with van der Waals surface area (Å²) >= 11 is 6.08. The minimum atomic E-state index is -1.00. The van der Waals surface area contributed by atoms with Crippen LogP contribution in [-0.4, -0.2) is 28.2 Å². The molecule has 1 heterocycles. The van der Waals surface area contributed by atoms with E-state index in [-0.39, 0.29) is 5.56 Å². The predicted molar refractivity (Wildman–Crippen MR) is 90.0 cm³/mol. The molecule has 0 spiro atoms. The number of imidazole rings is 1. The maximum Gasteiger partial charge on any atom is 0.337 e. The van der Waals surface area contributed by atoms with E-state index in [9.17, 15) is 9.90 Å². The van der Waals surface area contributed by atoms with Crippen LogP contribution in [0.4, 0.5) is 0 Å². The van der Waals surface area contributed by atoms with Gasteiger partial charge in [0.05, 0.1) is 23.2 Å². The van der Waals surface area contributed by atoms with E-state index < -0.39 is 5.97 Å². The van der Waals surface area contributed by atoms with Crippen LogP contribution in [0, 0.1) is 0 Å². The molecule has 5 nitrogen and oxygen atoms in total. The van der Waals surface area contributed by atoms with E-state index in [4.69, 9.17) is 16.3 Å². The van der Waals surface area contributed by atoms with Gasteiger partial charge in [0.2, 0.25) is 0 Å². The van der Waals surface area contributed by atoms with E-state index in [1.165, 1.54) is 6.07 Å². The SMILES string of the molecule is COc1ccc(/C=C/c2nc3c(C(=O)O)cccc3[nH]2)cc1Cl. The summed E-state index contributed by atoms with van der Waals surface area (Å²) in [5.41, 5.74) is 2.17. The van der Waals surface area contributed by atoms with Gasteiger partial charge < -0.3 is 14.8 Å². The van der Waals surface area contributed by atoms with E-state index in [1.807, 2.05) is 12.1 Å². The van der Waals surface area contributed by atoms with Crippen LogP contribution in [0.25, 0.3) is 23.2 Å². The van der Waals surface area contributed by atoms with Crippen molar-refractivity contribution in [2.45, 2.75) is 0 Å². The third kappa shape index (κ3) is 3.05. The highest BCUT2D eigenvalue weighted by Crippen LogP contribution is 2.26. The van der Waals surface area contributed by atoms with Crippen molar-refractivity contribution < 1.29 is 14.6 Å². The summed E-state index contributed by atoms with van der Waals surface area (Å²) in [5.74, 6) is 0.180. The van der Waals surface area contributed by atoms with Gasteiger partial charge in [-0.2, -0.15) is 0 Å². The number of aromatic nitrogens is 2. The van der Waals surface area contributed by atoms with Crippen molar-refractivity contribution in [3.63, 3.8) is 0 Å². The summed E-state index contributed by atoms with van der Waals surface area (Å²) in [6, 6.07) is 10.4. The Morgan fingerprint density at radius 3 is 2.83 bits per heavy atom. The van der Waals surface area contributed by atoms with E-state index in [0.717, 1.165) is 5.56 Å². The van der Waals surface area contributed by atoms with Crippen LogP contribution >= 0.6 is 11.6 Å². The molecule has 0 aliphatic heterocycles. The average Bonchev–Trinajstić information content (AvgIpc) is 2.95. The molecule has 0 bridgehead atoms. The Kier molecular flexibility index (Phi) is 4.04. The van der Waals surface area contributed by atoms with Gasteiger partial charge in [0, 0.05) is 0 Å². The number of methoxy groups -OCH3 is 1. The number of aromatic carboxylic acids is 1. The number of ether oxygens (including phenoxy) is 1. The minimum absolute atomic E-state index is 0.172. The van der Waals surface area contributed by atoms with E-state index >= 15 is 0 Å².